The first-order chi connectivity index (χ1) is 11.7. The molecule has 2 aliphatic rings. The van der Waals surface area contributed by atoms with E-state index in [0.717, 1.165) is 37.7 Å². The number of hydrogen-bond acceptors (Lipinski definition) is 4. The van der Waals surface area contributed by atoms with E-state index in [0.29, 0.717) is 11.5 Å². The molecule has 0 radical (unpaired) electrons. The zero-order valence-electron chi connectivity index (χ0n) is 16.3. The molecule has 140 valence electrons. The second-order valence-corrected chi connectivity index (χ2v) is 8.03. The molecule has 0 aliphatic heterocycles. The van der Waals surface area contributed by atoms with Crippen LogP contribution in [0.2, 0.25) is 0 Å². The number of allylic oxidation sites excluding steroid dienone is 1. The molecular formula is C21H32O4. The van der Waals surface area contributed by atoms with Crippen molar-refractivity contribution in [2.75, 3.05) is 7.11 Å². The van der Waals surface area contributed by atoms with E-state index in [4.69, 9.17) is 9.47 Å². The summed E-state index contributed by atoms with van der Waals surface area (Å²) in [4.78, 5) is 24.1. The van der Waals surface area contributed by atoms with Crippen LogP contribution in [0.5, 0.6) is 0 Å². The molecule has 2 aliphatic carbocycles. The summed E-state index contributed by atoms with van der Waals surface area (Å²) in [5.74, 6) is 0.0922. The quantitative estimate of drug-likeness (QED) is 0.428. The van der Waals surface area contributed by atoms with Crippen LogP contribution >= 0.6 is 0 Å². The van der Waals surface area contributed by atoms with Gasteiger partial charge < -0.3 is 9.47 Å². The summed E-state index contributed by atoms with van der Waals surface area (Å²) >= 11 is 0. The molecule has 2 rings (SSSR count). The van der Waals surface area contributed by atoms with Crippen molar-refractivity contribution >= 4 is 11.9 Å². The lowest BCUT2D eigenvalue weighted by molar-refractivity contribution is -0.148. The topological polar surface area (TPSA) is 52.6 Å². The first-order valence-corrected chi connectivity index (χ1v) is 9.34. The van der Waals surface area contributed by atoms with Gasteiger partial charge in [-0.3, -0.25) is 4.79 Å². The summed E-state index contributed by atoms with van der Waals surface area (Å²) in [5.41, 5.74) is 1.84. The minimum absolute atomic E-state index is 0.101. The van der Waals surface area contributed by atoms with Crippen LogP contribution in [0.15, 0.2) is 23.8 Å². The van der Waals surface area contributed by atoms with E-state index in [1.54, 1.807) is 13.0 Å². The lowest BCUT2D eigenvalue weighted by Gasteiger charge is -2.51. The lowest BCUT2D eigenvalue weighted by atomic mass is 9.55. The average Bonchev–Trinajstić information content (AvgIpc) is 2.61. The normalized spacial score (nSPS) is 34.0. The predicted octanol–water partition coefficient (Wildman–Crippen LogP) is 4.45. The number of carbonyl (C=O) groups excluding carboxylic acids is 2. The van der Waals surface area contributed by atoms with Gasteiger partial charge in [0.15, 0.2) is 0 Å². The Morgan fingerprint density at radius 1 is 1.32 bits per heavy atom. The first-order valence-electron chi connectivity index (χ1n) is 9.34. The van der Waals surface area contributed by atoms with Crippen LogP contribution in [-0.4, -0.2) is 25.2 Å². The summed E-state index contributed by atoms with van der Waals surface area (Å²) in [7, 11) is 1.45. The number of hydrogen-bond donors (Lipinski definition) is 0. The van der Waals surface area contributed by atoms with E-state index in [9.17, 15) is 9.59 Å². The van der Waals surface area contributed by atoms with Gasteiger partial charge in [-0.1, -0.05) is 26.5 Å². The van der Waals surface area contributed by atoms with Gasteiger partial charge in [-0.05, 0) is 68.8 Å². The Bertz CT molecular complexity index is 576. The van der Waals surface area contributed by atoms with Gasteiger partial charge in [0, 0.05) is 5.57 Å². The molecule has 0 saturated heterocycles. The van der Waals surface area contributed by atoms with Crippen molar-refractivity contribution in [2.24, 2.45) is 23.2 Å². The molecule has 0 aromatic rings. The third kappa shape index (κ3) is 3.99. The third-order valence-corrected chi connectivity index (χ3v) is 6.59. The Kier molecular flexibility index (Phi) is 6.12. The second kappa shape index (κ2) is 7.76. The molecule has 0 unspecified atom stereocenters. The summed E-state index contributed by atoms with van der Waals surface area (Å²) in [6, 6.07) is 0. The van der Waals surface area contributed by atoms with Gasteiger partial charge in [-0.25, -0.2) is 4.79 Å². The highest BCUT2D eigenvalue weighted by molar-refractivity contribution is 5.87. The van der Waals surface area contributed by atoms with Crippen LogP contribution in [0, 0.1) is 23.2 Å². The summed E-state index contributed by atoms with van der Waals surface area (Å²) < 4.78 is 10.6. The molecule has 0 aromatic carbocycles. The van der Waals surface area contributed by atoms with Crippen molar-refractivity contribution in [3.63, 3.8) is 0 Å². The molecule has 0 aromatic heterocycles. The van der Waals surface area contributed by atoms with Crippen molar-refractivity contribution < 1.29 is 19.1 Å². The smallest absolute Gasteiger partial charge is 0.333 e. The van der Waals surface area contributed by atoms with E-state index in [1.807, 2.05) is 13.8 Å². The number of carbonyl (C=O) groups is 2. The molecule has 0 spiro atoms. The van der Waals surface area contributed by atoms with Crippen LogP contribution in [-0.2, 0) is 19.1 Å². The van der Waals surface area contributed by atoms with Gasteiger partial charge in [-0.15, -0.1) is 0 Å². The monoisotopic (exact) mass is 348 g/mol. The van der Waals surface area contributed by atoms with Gasteiger partial charge in [0.2, 0.25) is 0 Å². The SMILES string of the molecule is C=C1[C@@H](OC(=O)/C(C)=C\C)CC[C@]2(C)CC[C@@H]([C@@H](C)C(=O)OC)C[C@@H]12. The molecule has 2 saturated carbocycles. The fourth-order valence-corrected chi connectivity index (χ4v) is 4.47. The number of ether oxygens (including phenoxy) is 2. The Hall–Kier alpha value is -1.58. The molecule has 0 amide bonds. The van der Waals surface area contributed by atoms with Gasteiger partial charge in [0.1, 0.15) is 6.10 Å². The third-order valence-electron chi connectivity index (χ3n) is 6.59. The van der Waals surface area contributed by atoms with Crippen molar-refractivity contribution in [1.82, 2.24) is 0 Å². The second-order valence-electron chi connectivity index (χ2n) is 8.03. The standard InChI is InChI=1S/C21H32O4/c1-7-13(2)19(22)25-18-9-11-21(5)10-8-16(12-17(21)15(18)4)14(3)20(23)24-6/h7,14,16-18H,4,8-12H2,1-3,5-6H3/b13-7-/t14-,16-,17+,18+,21+/m1/s1. The van der Waals surface area contributed by atoms with Crippen LogP contribution in [0.25, 0.3) is 0 Å². The molecule has 4 nitrogen and oxygen atoms in total. The van der Waals surface area contributed by atoms with E-state index in [1.165, 1.54) is 7.11 Å². The Morgan fingerprint density at radius 3 is 2.56 bits per heavy atom. The van der Waals surface area contributed by atoms with Crippen LogP contribution in [0.4, 0.5) is 0 Å². The molecule has 25 heavy (non-hydrogen) atoms. The van der Waals surface area contributed by atoms with Gasteiger partial charge in [0.25, 0.3) is 0 Å². The molecule has 0 N–H and O–H groups in total. The zero-order chi connectivity index (χ0) is 18.8. The maximum Gasteiger partial charge on any atom is 0.333 e. The molecular weight excluding hydrogens is 316 g/mol. The largest absolute Gasteiger partial charge is 0.469 e. The van der Waals surface area contributed by atoms with E-state index in [-0.39, 0.29) is 35.3 Å². The maximum absolute atomic E-state index is 12.1. The zero-order valence-corrected chi connectivity index (χ0v) is 16.3. The Balaban J connectivity index is 2.12. The highest BCUT2D eigenvalue weighted by Crippen LogP contribution is 2.55. The molecule has 4 heteroatoms. The number of fused-ring (bicyclic) bond motifs is 1. The molecule has 0 bridgehead atoms. The maximum atomic E-state index is 12.1. The number of rotatable bonds is 4. The molecule has 0 heterocycles. The van der Waals surface area contributed by atoms with Crippen LogP contribution < -0.4 is 0 Å². The molecule has 2 fully saturated rings. The van der Waals surface area contributed by atoms with E-state index in [2.05, 4.69) is 13.5 Å². The summed E-state index contributed by atoms with van der Waals surface area (Å²) in [6.45, 7) is 12.2. The predicted molar refractivity (Wildman–Crippen MR) is 97.8 cm³/mol. The highest BCUT2D eigenvalue weighted by Gasteiger charge is 2.48. The van der Waals surface area contributed by atoms with Crippen molar-refractivity contribution in [3.8, 4) is 0 Å². The van der Waals surface area contributed by atoms with Crippen molar-refractivity contribution in [1.29, 1.82) is 0 Å². The van der Waals surface area contributed by atoms with Crippen molar-refractivity contribution in [3.05, 3.63) is 23.8 Å². The number of esters is 2. The fourth-order valence-electron chi connectivity index (χ4n) is 4.47. The van der Waals surface area contributed by atoms with Crippen LogP contribution in [0.3, 0.4) is 0 Å². The van der Waals surface area contributed by atoms with Crippen molar-refractivity contribution in [2.45, 2.75) is 65.9 Å². The summed E-state index contributed by atoms with van der Waals surface area (Å²) in [6.07, 6.45) is 6.46. The fraction of sp³-hybridized carbons (Fsp3) is 0.714. The Morgan fingerprint density at radius 2 is 1.96 bits per heavy atom. The van der Waals surface area contributed by atoms with Crippen LogP contribution in [0.1, 0.15) is 59.8 Å². The average molecular weight is 348 g/mol. The minimum atomic E-state index is -0.257. The Labute approximate surface area is 151 Å². The van der Waals surface area contributed by atoms with E-state index < -0.39 is 0 Å². The molecule has 5 atom stereocenters. The van der Waals surface area contributed by atoms with E-state index >= 15 is 0 Å². The lowest BCUT2D eigenvalue weighted by Crippen LogP contribution is -2.45. The minimum Gasteiger partial charge on any atom is -0.469 e. The highest BCUT2D eigenvalue weighted by atomic mass is 16.5. The summed E-state index contributed by atoms with van der Waals surface area (Å²) in [5, 5.41) is 0. The van der Waals surface area contributed by atoms with Gasteiger partial charge >= 0.3 is 11.9 Å². The number of methoxy groups -OCH3 is 1. The van der Waals surface area contributed by atoms with Gasteiger partial charge in [0.05, 0.1) is 13.0 Å². The first kappa shape index (κ1) is 19.7. The van der Waals surface area contributed by atoms with Gasteiger partial charge in [-0.2, -0.15) is 0 Å².